The van der Waals surface area contributed by atoms with Crippen LogP contribution in [0.3, 0.4) is 0 Å². The van der Waals surface area contributed by atoms with Gasteiger partial charge in [0.1, 0.15) is 6.04 Å². The van der Waals surface area contributed by atoms with E-state index in [9.17, 15) is 14.4 Å². The number of amides is 3. The number of imide groups is 1. The van der Waals surface area contributed by atoms with E-state index in [2.05, 4.69) is 0 Å². The summed E-state index contributed by atoms with van der Waals surface area (Å²) in [4.78, 5) is 42.0. The van der Waals surface area contributed by atoms with Crippen molar-refractivity contribution in [1.82, 2.24) is 4.90 Å². The number of hydrogen-bond donors (Lipinski definition) is 0. The fourth-order valence-corrected chi connectivity index (χ4v) is 4.24. The second-order valence-electron chi connectivity index (χ2n) is 7.87. The van der Waals surface area contributed by atoms with E-state index in [4.69, 9.17) is 0 Å². The first-order valence-electron chi connectivity index (χ1n) is 9.34. The highest BCUT2D eigenvalue weighted by atomic mass is 16.2. The molecule has 0 saturated carbocycles. The molecular formula is C23H22N2O3. The zero-order valence-electron chi connectivity index (χ0n) is 16.4. The van der Waals surface area contributed by atoms with Crippen LogP contribution in [0.25, 0.3) is 5.57 Å². The molecule has 1 atom stereocenters. The molecule has 0 saturated heterocycles. The minimum atomic E-state index is -0.911. The molecule has 0 N–H and O–H groups in total. The van der Waals surface area contributed by atoms with Crippen LogP contribution in [0, 0.1) is 0 Å². The summed E-state index contributed by atoms with van der Waals surface area (Å²) < 4.78 is 0. The molecule has 3 amide bonds. The third-order valence-electron chi connectivity index (χ3n) is 5.51. The molecule has 142 valence electrons. The van der Waals surface area contributed by atoms with Gasteiger partial charge in [-0.25, -0.2) is 0 Å². The number of carbonyl (C=O) groups excluding carboxylic acids is 3. The fourth-order valence-electron chi connectivity index (χ4n) is 4.24. The summed E-state index contributed by atoms with van der Waals surface area (Å²) in [5, 5.41) is 0. The Kier molecular flexibility index (Phi) is 4.00. The smallest absolute Gasteiger partial charge is 0.262 e. The fraction of sp³-hybridized carbons (Fsp3) is 0.261. The number of nitrogens with zero attached hydrogens (tertiary/aromatic N) is 2. The SMILES string of the molecule is CC1=CC(C)(C)N(C(=O)[C@@H](C)N2C(=O)c3ccccc3C2=O)c2ccccc21. The molecule has 5 heteroatoms. The molecule has 28 heavy (non-hydrogen) atoms. The highest BCUT2D eigenvalue weighted by Crippen LogP contribution is 2.39. The van der Waals surface area contributed by atoms with Crippen LogP contribution in [0.2, 0.25) is 0 Å². The van der Waals surface area contributed by atoms with E-state index in [1.54, 1.807) is 36.1 Å². The van der Waals surface area contributed by atoms with E-state index >= 15 is 0 Å². The van der Waals surface area contributed by atoms with E-state index < -0.39 is 23.4 Å². The Hall–Kier alpha value is -3.21. The van der Waals surface area contributed by atoms with Gasteiger partial charge in [-0.3, -0.25) is 19.3 Å². The lowest BCUT2D eigenvalue weighted by Crippen LogP contribution is -2.56. The summed E-state index contributed by atoms with van der Waals surface area (Å²) in [5.41, 5.74) is 2.98. The predicted molar refractivity (Wildman–Crippen MR) is 108 cm³/mol. The van der Waals surface area contributed by atoms with Crippen molar-refractivity contribution in [3.05, 3.63) is 71.3 Å². The van der Waals surface area contributed by atoms with E-state index in [0.29, 0.717) is 11.1 Å². The van der Waals surface area contributed by atoms with Crippen LogP contribution in [0.1, 0.15) is 54.0 Å². The lowest BCUT2D eigenvalue weighted by atomic mass is 9.88. The van der Waals surface area contributed by atoms with Gasteiger partial charge in [0.05, 0.1) is 22.4 Å². The summed E-state index contributed by atoms with van der Waals surface area (Å²) in [6.45, 7) is 7.56. The minimum Gasteiger partial charge on any atom is -0.301 e. The van der Waals surface area contributed by atoms with Gasteiger partial charge in [-0.2, -0.15) is 0 Å². The first-order chi connectivity index (χ1) is 13.2. The predicted octanol–water partition coefficient (Wildman–Crippen LogP) is 3.90. The van der Waals surface area contributed by atoms with Crippen LogP contribution in [0.15, 0.2) is 54.6 Å². The quantitative estimate of drug-likeness (QED) is 0.749. The van der Waals surface area contributed by atoms with Crippen LogP contribution < -0.4 is 4.90 Å². The maximum atomic E-state index is 13.6. The number of carbonyl (C=O) groups is 3. The van der Waals surface area contributed by atoms with Crippen molar-refractivity contribution in [2.24, 2.45) is 0 Å². The van der Waals surface area contributed by atoms with Crippen LogP contribution >= 0.6 is 0 Å². The summed E-state index contributed by atoms with van der Waals surface area (Å²) in [6, 6.07) is 13.5. The molecule has 0 unspecified atom stereocenters. The van der Waals surface area contributed by atoms with Gasteiger partial charge in [-0.05, 0) is 51.5 Å². The summed E-state index contributed by atoms with van der Waals surface area (Å²) >= 11 is 0. The molecule has 0 fully saturated rings. The molecule has 2 aliphatic heterocycles. The monoisotopic (exact) mass is 374 g/mol. The second-order valence-corrected chi connectivity index (χ2v) is 7.87. The number of allylic oxidation sites excluding steroid dienone is 1. The molecule has 2 aromatic rings. The van der Waals surface area contributed by atoms with E-state index in [1.807, 2.05) is 51.1 Å². The third-order valence-corrected chi connectivity index (χ3v) is 5.51. The Morgan fingerprint density at radius 3 is 1.96 bits per heavy atom. The Balaban J connectivity index is 1.74. The normalized spacial score (nSPS) is 18.5. The van der Waals surface area contributed by atoms with Crippen molar-refractivity contribution >= 4 is 29.0 Å². The number of anilines is 1. The number of benzene rings is 2. The Bertz CT molecular complexity index is 1020. The molecule has 4 rings (SSSR count). The lowest BCUT2D eigenvalue weighted by Gasteiger charge is -2.43. The summed E-state index contributed by atoms with van der Waals surface area (Å²) in [7, 11) is 0. The maximum Gasteiger partial charge on any atom is 0.262 e. The van der Waals surface area contributed by atoms with Crippen LogP contribution in [-0.4, -0.2) is 34.2 Å². The average molecular weight is 374 g/mol. The van der Waals surface area contributed by atoms with Gasteiger partial charge < -0.3 is 4.90 Å². The van der Waals surface area contributed by atoms with Gasteiger partial charge in [0.25, 0.3) is 17.7 Å². The van der Waals surface area contributed by atoms with Crippen molar-refractivity contribution in [2.45, 2.75) is 39.3 Å². The van der Waals surface area contributed by atoms with Crippen molar-refractivity contribution in [3.8, 4) is 0 Å². The molecule has 2 aromatic carbocycles. The Morgan fingerprint density at radius 2 is 1.39 bits per heavy atom. The van der Waals surface area contributed by atoms with Crippen molar-refractivity contribution in [3.63, 3.8) is 0 Å². The molecule has 0 bridgehead atoms. The lowest BCUT2D eigenvalue weighted by molar-refractivity contribution is -0.122. The highest BCUT2D eigenvalue weighted by molar-refractivity contribution is 6.23. The molecule has 0 radical (unpaired) electrons. The second kappa shape index (κ2) is 6.16. The Labute approximate surface area is 164 Å². The Morgan fingerprint density at radius 1 is 0.893 bits per heavy atom. The highest BCUT2D eigenvalue weighted by Gasteiger charge is 2.45. The molecule has 0 spiro atoms. The summed E-state index contributed by atoms with van der Waals surface area (Å²) in [6.07, 6.45) is 2.04. The van der Waals surface area contributed by atoms with E-state index in [1.165, 1.54) is 0 Å². The zero-order valence-corrected chi connectivity index (χ0v) is 16.4. The van der Waals surface area contributed by atoms with Gasteiger partial charge in [0.15, 0.2) is 0 Å². The first kappa shape index (κ1) is 18.2. The average Bonchev–Trinajstić information content (AvgIpc) is 2.91. The van der Waals surface area contributed by atoms with Gasteiger partial charge in [-0.15, -0.1) is 0 Å². The van der Waals surface area contributed by atoms with E-state index in [0.717, 1.165) is 21.7 Å². The first-order valence-corrected chi connectivity index (χ1v) is 9.34. The maximum absolute atomic E-state index is 13.6. The van der Waals surface area contributed by atoms with Crippen molar-refractivity contribution < 1.29 is 14.4 Å². The van der Waals surface area contributed by atoms with Gasteiger partial charge in [-0.1, -0.05) is 36.4 Å². The van der Waals surface area contributed by atoms with Gasteiger partial charge in [0.2, 0.25) is 0 Å². The number of fused-ring (bicyclic) bond motifs is 2. The van der Waals surface area contributed by atoms with Crippen molar-refractivity contribution in [1.29, 1.82) is 0 Å². The van der Waals surface area contributed by atoms with Crippen LogP contribution in [0.5, 0.6) is 0 Å². The molecule has 2 heterocycles. The molecule has 0 aromatic heterocycles. The minimum absolute atomic E-state index is 0.282. The molecule has 5 nitrogen and oxygen atoms in total. The largest absolute Gasteiger partial charge is 0.301 e. The number of para-hydroxylation sites is 1. The topological polar surface area (TPSA) is 57.7 Å². The zero-order chi connectivity index (χ0) is 20.2. The third kappa shape index (κ3) is 2.50. The molecular weight excluding hydrogens is 352 g/mol. The number of hydrogen-bond acceptors (Lipinski definition) is 3. The molecule has 2 aliphatic rings. The van der Waals surface area contributed by atoms with Crippen LogP contribution in [0.4, 0.5) is 5.69 Å². The van der Waals surface area contributed by atoms with Gasteiger partial charge in [0, 0.05) is 5.56 Å². The van der Waals surface area contributed by atoms with Crippen molar-refractivity contribution in [2.75, 3.05) is 4.90 Å². The molecule has 0 aliphatic carbocycles. The number of rotatable bonds is 2. The summed E-state index contributed by atoms with van der Waals surface area (Å²) in [5.74, 6) is -1.12. The standard InChI is InChI=1S/C23H22N2O3/c1-14-13-23(3,4)25(19-12-8-7-9-16(14)19)20(26)15(2)24-21(27)17-10-5-6-11-18(17)22(24)28/h5-13,15H,1-4H3/t15-/m1/s1. The van der Waals surface area contributed by atoms with Crippen LogP contribution in [-0.2, 0) is 4.79 Å². The van der Waals surface area contributed by atoms with E-state index in [-0.39, 0.29) is 5.91 Å². The van der Waals surface area contributed by atoms with Gasteiger partial charge >= 0.3 is 0 Å².